The molecular formula is C13H15F2N. The molecule has 1 nitrogen and oxygen atoms in total. The zero-order valence-electron chi connectivity index (χ0n) is 9.00. The van der Waals surface area contributed by atoms with Crippen LogP contribution in [0.3, 0.4) is 0 Å². The third-order valence-corrected chi connectivity index (χ3v) is 2.82. The SMILES string of the molecule is FC(F)(CNC1CC=CC1)c1ccccc1. The molecule has 86 valence electrons. The minimum absolute atomic E-state index is 0.0773. The van der Waals surface area contributed by atoms with Gasteiger partial charge in [0.1, 0.15) is 0 Å². The fraction of sp³-hybridized carbons (Fsp3) is 0.385. The summed E-state index contributed by atoms with van der Waals surface area (Å²) in [4.78, 5) is 0. The van der Waals surface area contributed by atoms with Gasteiger partial charge in [0.2, 0.25) is 0 Å². The van der Waals surface area contributed by atoms with Crippen molar-refractivity contribution in [3.63, 3.8) is 0 Å². The first-order chi connectivity index (χ1) is 7.68. The number of benzene rings is 1. The summed E-state index contributed by atoms with van der Waals surface area (Å²) < 4.78 is 27.5. The van der Waals surface area contributed by atoms with Crippen LogP contribution in [-0.4, -0.2) is 12.6 Å². The summed E-state index contributed by atoms with van der Waals surface area (Å²) >= 11 is 0. The molecule has 1 N–H and O–H groups in total. The van der Waals surface area contributed by atoms with Crippen molar-refractivity contribution in [3.8, 4) is 0 Å². The van der Waals surface area contributed by atoms with E-state index in [1.54, 1.807) is 18.2 Å². The van der Waals surface area contributed by atoms with E-state index in [9.17, 15) is 8.78 Å². The number of halogens is 2. The van der Waals surface area contributed by atoms with Crippen LogP contribution in [0.25, 0.3) is 0 Å². The van der Waals surface area contributed by atoms with E-state index in [1.807, 2.05) is 12.2 Å². The van der Waals surface area contributed by atoms with Crippen LogP contribution >= 0.6 is 0 Å². The first kappa shape index (κ1) is 11.3. The zero-order valence-corrected chi connectivity index (χ0v) is 9.00. The summed E-state index contributed by atoms with van der Waals surface area (Å²) in [6.45, 7) is -0.288. The van der Waals surface area contributed by atoms with Crippen molar-refractivity contribution in [1.29, 1.82) is 0 Å². The van der Waals surface area contributed by atoms with Crippen LogP contribution in [0.1, 0.15) is 18.4 Å². The molecule has 0 fully saturated rings. The van der Waals surface area contributed by atoms with Crippen molar-refractivity contribution in [2.45, 2.75) is 24.8 Å². The fourth-order valence-electron chi connectivity index (χ4n) is 1.84. The lowest BCUT2D eigenvalue weighted by molar-refractivity contribution is -0.00541. The lowest BCUT2D eigenvalue weighted by Crippen LogP contribution is -2.36. The number of rotatable bonds is 4. The standard InChI is InChI=1S/C13H15F2N/c14-13(15,11-6-2-1-3-7-11)10-16-12-8-4-5-9-12/h1-7,12,16H,8-10H2. The van der Waals surface area contributed by atoms with Crippen LogP contribution in [0.4, 0.5) is 8.78 Å². The van der Waals surface area contributed by atoms with E-state index in [0.29, 0.717) is 0 Å². The second-order valence-electron chi connectivity index (χ2n) is 4.09. The van der Waals surface area contributed by atoms with Gasteiger partial charge in [-0.1, -0.05) is 42.5 Å². The van der Waals surface area contributed by atoms with Gasteiger partial charge < -0.3 is 5.32 Å². The van der Waals surface area contributed by atoms with Gasteiger partial charge in [-0.05, 0) is 12.8 Å². The van der Waals surface area contributed by atoms with Gasteiger partial charge >= 0.3 is 0 Å². The van der Waals surface area contributed by atoms with Gasteiger partial charge in [0.25, 0.3) is 5.92 Å². The number of hydrogen-bond donors (Lipinski definition) is 1. The van der Waals surface area contributed by atoms with Crippen LogP contribution in [0.2, 0.25) is 0 Å². The normalized spacial score (nSPS) is 16.9. The monoisotopic (exact) mass is 223 g/mol. The lowest BCUT2D eigenvalue weighted by Gasteiger charge is -2.20. The van der Waals surface area contributed by atoms with Gasteiger partial charge in [-0.2, -0.15) is 8.78 Å². The zero-order chi connectivity index (χ0) is 11.4. The summed E-state index contributed by atoms with van der Waals surface area (Å²) in [7, 11) is 0. The summed E-state index contributed by atoms with van der Waals surface area (Å²) in [5, 5.41) is 2.91. The Kier molecular flexibility index (Phi) is 3.34. The van der Waals surface area contributed by atoms with Crippen LogP contribution < -0.4 is 5.32 Å². The van der Waals surface area contributed by atoms with Crippen LogP contribution in [0.15, 0.2) is 42.5 Å². The van der Waals surface area contributed by atoms with E-state index in [0.717, 1.165) is 12.8 Å². The third-order valence-electron chi connectivity index (χ3n) is 2.82. The smallest absolute Gasteiger partial charge is 0.285 e. The molecule has 1 aliphatic rings. The molecule has 0 atom stereocenters. The largest absolute Gasteiger partial charge is 0.307 e. The molecule has 16 heavy (non-hydrogen) atoms. The predicted molar refractivity (Wildman–Crippen MR) is 60.5 cm³/mol. The Morgan fingerprint density at radius 3 is 2.38 bits per heavy atom. The van der Waals surface area contributed by atoms with E-state index < -0.39 is 5.92 Å². The van der Waals surface area contributed by atoms with Gasteiger partial charge in [0, 0.05) is 11.6 Å². The van der Waals surface area contributed by atoms with Crippen molar-refractivity contribution in [3.05, 3.63) is 48.0 Å². The van der Waals surface area contributed by atoms with Crippen LogP contribution in [-0.2, 0) is 5.92 Å². The Bertz CT molecular complexity index is 351. The molecule has 2 rings (SSSR count). The molecule has 1 aromatic carbocycles. The van der Waals surface area contributed by atoms with E-state index in [2.05, 4.69) is 5.32 Å². The Morgan fingerprint density at radius 1 is 1.12 bits per heavy atom. The highest BCUT2D eigenvalue weighted by Crippen LogP contribution is 2.27. The van der Waals surface area contributed by atoms with Crippen LogP contribution in [0.5, 0.6) is 0 Å². The second kappa shape index (κ2) is 4.74. The van der Waals surface area contributed by atoms with Crippen molar-refractivity contribution in [2.75, 3.05) is 6.54 Å². The molecule has 0 aromatic heterocycles. The quantitative estimate of drug-likeness (QED) is 0.773. The molecule has 0 heterocycles. The van der Waals surface area contributed by atoms with E-state index in [4.69, 9.17) is 0 Å². The molecule has 0 aliphatic heterocycles. The molecule has 0 radical (unpaired) electrons. The van der Waals surface area contributed by atoms with E-state index in [1.165, 1.54) is 12.1 Å². The molecule has 1 aliphatic carbocycles. The molecule has 0 bridgehead atoms. The van der Waals surface area contributed by atoms with Crippen molar-refractivity contribution >= 4 is 0 Å². The van der Waals surface area contributed by atoms with Gasteiger partial charge in [0.05, 0.1) is 6.54 Å². The Morgan fingerprint density at radius 2 is 1.75 bits per heavy atom. The molecule has 0 spiro atoms. The first-order valence-corrected chi connectivity index (χ1v) is 5.50. The highest BCUT2D eigenvalue weighted by atomic mass is 19.3. The maximum absolute atomic E-state index is 13.7. The second-order valence-corrected chi connectivity index (χ2v) is 4.09. The van der Waals surface area contributed by atoms with E-state index in [-0.39, 0.29) is 18.2 Å². The highest BCUT2D eigenvalue weighted by molar-refractivity contribution is 5.20. The summed E-state index contributed by atoms with van der Waals surface area (Å²) in [6.07, 6.45) is 5.76. The molecule has 0 amide bonds. The van der Waals surface area contributed by atoms with Crippen molar-refractivity contribution in [2.24, 2.45) is 0 Å². The molecule has 3 heteroatoms. The topological polar surface area (TPSA) is 12.0 Å². The maximum atomic E-state index is 13.7. The predicted octanol–water partition coefficient (Wildman–Crippen LogP) is 3.09. The third kappa shape index (κ3) is 2.67. The fourth-order valence-corrected chi connectivity index (χ4v) is 1.84. The van der Waals surface area contributed by atoms with Gasteiger partial charge in [-0.25, -0.2) is 0 Å². The Balaban J connectivity index is 1.92. The molecular weight excluding hydrogens is 208 g/mol. The maximum Gasteiger partial charge on any atom is 0.285 e. The number of nitrogens with one attached hydrogen (secondary N) is 1. The molecule has 1 aromatic rings. The van der Waals surface area contributed by atoms with E-state index >= 15 is 0 Å². The number of alkyl halides is 2. The minimum atomic E-state index is -2.79. The average molecular weight is 223 g/mol. The minimum Gasteiger partial charge on any atom is -0.307 e. The van der Waals surface area contributed by atoms with Gasteiger partial charge in [-0.3, -0.25) is 0 Å². The summed E-state index contributed by atoms with van der Waals surface area (Å²) in [6, 6.07) is 8.13. The molecule has 0 saturated heterocycles. The summed E-state index contributed by atoms with van der Waals surface area (Å²) in [5.41, 5.74) is 0.0773. The summed E-state index contributed by atoms with van der Waals surface area (Å²) in [5.74, 6) is -2.79. The number of hydrogen-bond acceptors (Lipinski definition) is 1. The highest BCUT2D eigenvalue weighted by Gasteiger charge is 2.31. The van der Waals surface area contributed by atoms with Gasteiger partial charge in [0.15, 0.2) is 0 Å². The van der Waals surface area contributed by atoms with Gasteiger partial charge in [-0.15, -0.1) is 0 Å². The average Bonchev–Trinajstić information content (AvgIpc) is 2.81. The lowest BCUT2D eigenvalue weighted by atomic mass is 10.1. The van der Waals surface area contributed by atoms with Crippen LogP contribution in [0, 0.1) is 0 Å². The molecule has 0 unspecified atom stereocenters. The Hall–Kier alpha value is -1.22. The Labute approximate surface area is 94.2 Å². The first-order valence-electron chi connectivity index (χ1n) is 5.50. The molecule has 0 saturated carbocycles. The van der Waals surface area contributed by atoms with Crippen molar-refractivity contribution in [1.82, 2.24) is 5.32 Å². The van der Waals surface area contributed by atoms with Crippen molar-refractivity contribution < 1.29 is 8.78 Å².